The zero-order valence-electron chi connectivity index (χ0n) is 16.9. The summed E-state index contributed by atoms with van der Waals surface area (Å²) in [5, 5.41) is 2.80. The third kappa shape index (κ3) is 14.9. The summed E-state index contributed by atoms with van der Waals surface area (Å²) in [7, 11) is 3.40. The number of carbonyl (C=O) groups is 1. The summed E-state index contributed by atoms with van der Waals surface area (Å²) >= 11 is 0. The van der Waals surface area contributed by atoms with Crippen LogP contribution in [0.4, 0.5) is 4.79 Å². The van der Waals surface area contributed by atoms with E-state index in [1.54, 1.807) is 14.2 Å². The molecule has 0 saturated carbocycles. The Morgan fingerprint density at radius 1 is 1.08 bits per heavy atom. The standard InChI is InChI=1S/C20H39NO4/c1-17(2)12-8-9-13-18(3)19(24-5)16-25-20(22)21-14-10-6-7-11-15-23-4/h12,18-19H,6-11,13-16H2,1-5H3,(H,21,22). The third-order valence-corrected chi connectivity index (χ3v) is 4.28. The van der Waals surface area contributed by atoms with Crippen molar-refractivity contribution in [1.29, 1.82) is 0 Å². The van der Waals surface area contributed by atoms with Gasteiger partial charge in [-0.3, -0.25) is 0 Å². The highest BCUT2D eigenvalue weighted by Crippen LogP contribution is 2.16. The zero-order valence-corrected chi connectivity index (χ0v) is 16.9. The predicted octanol–water partition coefficient (Wildman–Crippen LogP) is 4.71. The van der Waals surface area contributed by atoms with Crippen LogP contribution in [-0.4, -0.2) is 46.2 Å². The Bertz CT molecular complexity index is 354. The van der Waals surface area contributed by atoms with Crippen molar-refractivity contribution in [3.8, 4) is 0 Å². The van der Waals surface area contributed by atoms with Gasteiger partial charge in [0.15, 0.2) is 0 Å². The molecular weight excluding hydrogens is 318 g/mol. The normalized spacial score (nSPS) is 13.2. The number of methoxy groups -OCH3 is 2. The zero-order chi connectivity index (χ0) is 18.9. The highest BCUT2D eigenvalue weighted by Gasteiger charge is 2.18. The first-order valence-corrected chi connectivity index (χ1v) is 9.57. The number of carbonyl (C=O) groups excluding carboxylic acids is 1. The van der Waals surface area contributed by atoms with Crippen LogP contribution in [0, 0.1) is 5.92 Å². The molecule has 0 radical (unpaired) electrons. The first kappa shape index (κ1) is 23.9. The number of rotatable bonds is 15. The molecular formula is C20H39NO4. The molecule has 0 aromatic heterocycles. The van der Waals surface area contributed by atoms with Crippen molar-refractivity contribution in [2.24, 2.45) is 5.92 Å². The molecule has 5 heteroatoms. The molecule has 2 atom stereocenters. The quantitative estimate of drug-likeness (QED) is 0.341. The molecule has 2 unspecified atom stereocenters. The fourth-order valence-corrected chi connectivity index (χ4v) is 2.61. The number of ether oxygens (including phenoxy) is 3. The minimum absolute atomic E-state index is 0.0495. The van der Waals surface area contributed by atoms with Gasteiger partial charge >= 0.3 is 6.09 Å². The lowest BCUT2D eigenvalue weighted by atomic mass is 9.98. The Kier molecular flexibility index (Phi) is 15.7. The third-order valence-electron chi connectivity index (χ3n) is 4.28. The van der Waals surface area contributed by atoms with Gasteiger partial charge < -0.3 is 19.5 Å². The summed E-state index contributed by atoms with van der Waals surface area (Å²) in [4.78, 5) is 11.7. The predicted molar refractivity (Wildman–Crippen MR) is 103 cm³/mol. The summed E-state index contributed by atoms with van der Waals surface area (Å²) in [6, 6.07) is 0. The highest BCUT2D eigenvalue weighted by atomic mass is 16.6. The van der Waals surface area contributed by atoms with Gasteiger partial charge in [0.2, 0.25) is 0 Å². The smallest absolute Gasteiger partial charge is 0.407 e. The number of hydrogen-bond acceptors (Lipinski definition) is 4. The van der Waals surface area contributed by atoms with Crippen LogP contribution in [0.5, 0.6) is 0 Å². The molecule has 0 aromatic carbocycles. The topological polar surface area (TPSA) is 56.8 Å². The van der Waals surface area contributed by atoms with Gasteiger partial charge in [0.1, 0.15) is 6.61 Å². The molecule has 25 heavy (non-hydrogen) atoms. The van der Waals surface area contributed by atoms with E-state index in [0.29, 0.717) is 19.1 Å². The average Bonchev–Trinajstić information content (AvgIpc) is 2.58. The fraction of sp³-hybridized carbons (Fsp3) is 0.850. The minimum Gasteiger partial charge on any atom is -0.447 e. The summed E-state index contributed by atoms with van der Waals surface area (Å²) in [6.45, 7) is 8.15. The van der Waals surface area contributed by atoms with E-state index in [0.717, 1.165) is 51.6 Å². The van der Waals surface area contributed by atoms with Gasteiger partial charge in [0.25, 0.3) is 0 Å². The second-order valence-electron chi connectivity index (χ2n) is 6.90. The minimum atomic E-state index is -0.351. The summed E-state index contributed by atoms with van der Waals surface area (Å²) in [5.74, 6) is 0.365. The van der Waals surface area contributed by atoms with Crippen LogP contribution in [-0.2, 0) is 14.2 Å². The van der Waals surface area contributed by atoms with Gasteiger partial charge in [-0.1, -0.05) is 31.4 Å². The number of nitrogens with one attached hydrogen (secondary N) is 1. The van der Waals surface area contributed by atoms with Gasteiger partial charge in [-0.25, -0.2) is 4.79 Å². The maximum absolute atomic E-state index is 11.7. The van der Waals surface area contributed by atoms with Crippen molar-refractivity contribution in [3.63, 3.8) is 0 Å². The maximum atomic E-state index is 11.7. The first-order chi connectivity index (χ1) is 12.0. The lowest BCUT2D eigenvalue weighted by Gasteiger charge is -2.22. The van der Waals surface area contributed by atoms with Crippen molar-refractivity contribution in [1.82, 2.24) is 5.32 Å². The SMILES string of the molecule is COCCCCCCNC(=O)OCC(OC)C(C)CCCC=C(C)C. The van der Waals surface area contributed by atoms with Crippen LogP contribution in [0.3, 0.4) is 0 Å². The average molecular weight is 358 g/mol. The monoisotopic (exact) mass is 357 g/mol. The van der Waals surface area contributed by atoms with E-state index in [9.17, 15) is 4.79 Å². The Morgan fingerprint density at radius 3 is 2.44 bits per heavy atom. The Balaban J connectivity index is 3.78. The fourth-order valence-electron chi connectivity index (χ4n) is 2.61. The van der Waals surface area contributed by atoms with E-state index in [1.807, 2.05) is 0 Å². The Hall–Kier alpha value is -1.07. The second-order valence-corrected chi connectivity index (χ2v) is 6.90. The van der Waals surface area contributed by atoms with Crippen LogP contribution in [0.25, 0.3) is 0 Å². The Labute approximate surface area is 154 Å². The molecule has 0 aliphatic rings. The summed E-state index contributed by atoms with van der Waals surface area (Å²) < 4.78 is 15.8. The van der Waals surface area contributed by atoms with Crippen molar-refractivity contribution in [3.05, 3.63) is 11.6 Å². The molecule has 0 aliphatic carbocycles. The van der Waals surface area contributed by atoms with E-state index in [4.69, 9.17) is 14.2 Å². The summed E-state index contributed by atoms with van der Waals surface area (Å²) in [6.07, 6.45) is 9.39. The van der Waals surface area contributed by atoms with E-state index in [1.165, 1.54) is 5.57 Å². The number of allylic oxidation sites excluding steroid dienone is 2. The van der Waals surface area contributed by atoms with E-state index < -0.39 is 0 Å². The molecule has 1 N–H and O–H groups in total. The van der Waals surface area contributed by atoms with E-state index >= 15 is 0 Å². The van der Waals surface area contributed by atoms with Gasteiger partial charge in [-0.15, -0.1) is 0 Å². The molecule has 0 fully saturated rings. The van der Waals surface area contributed by atoms with Crippen LogP contribution < -0.4 is 5.32 Å². The van der Waals surface area contributed by atoms with Crippen LogP contribution in [0.15, 0.2) is 11.6 Å². The molecule has 0 heterocycles. The molecule has 0 rings (SSSR count). The molecule has 0 spiro atoms. The van der Waals surface area contributed by atoms with Gasteiger partial charge in [0.05, 0.1) is 6.10 Å². The van der Waals surface area contributed by atoms with Crippen LogP contribution in [0.2, 0.25) is 0 Å². The van der Waals surface area contributed by atoms with Crippen molar-refractivity contribution >= 4 is 6.09 Å². The number of hydrogen-bond donors (Lipinski definition) is 1. The molecule has 0 aliphatic heterocycles. The number of alkyl carbamates (subject to hydrolysis) is 1. The summed E-state index contributed by atoms with van der Waals surface area (Å²) in [5.41, 5.74) is 1.36. The first-order valence-electron chi connectivity index (χ1n) is 9.57. The van der Waals surface area contributed by atoms with Crippen LogP contribution in [0.1, 0.15) is 65.7 Å². The van der Waals surface area contributed by atoms with Crippen molar-refractivity contribution in [2.45, 2.75) is 71.8 Å². The second kappa shape index (κ2) is 16.4. The van der Waals surface area contributed by atoms with Crippen molar-refractivity contribution < 1.29 is 19.0 Å². The molecule has 1 amide bonds. The largest absolute Gasteiger partial charge is 0.447 e. The highest BCUT2D eigenvalue weighted by molar-refractivity contribution is 5.67. The molecule has 148 valence electrons. The van der Waals surface area contributed by atoms with E-state index in [-0.39, 0.29) is 12.2 Å². The molecule has 0 aromatic rings. The van der Waals surface area contributed by atoms with E-state index in [2.05, 4.69) is 32.2 Å². The van der Waals surface area contributed by atoms with Crippen molar-refractivity contribution in [2.75, 3.05) is 34.0 Å². The maximum Gasteiger partial charge on any atom is 0.407 e. The van der Waals surface area contributed by atoms with Gasteiger partial charge in [-0.2, -0.15) is 0 Å². The molecule has 0 saturated heterocycles. The Morgan fingerprint density at radius 2 is 1.80 bits per heavy atom. The lowest BCUT2D eigenvalue weighted by Crippen LogP contribution is -2.32. The van der Waals surface area contributed by atoms with Gasteiger partial charge in [0, 0.05) is 27.4 Å². The van der Waals surface area contributed by atoms with Gasteiger partial charge in [-0.05, 0) is 51.9 Å². The number of unbranched alkanes of at least 4 members (excludes halogenated alkanes) is 4. The van der Waals surface area contributed by atoms with Crippen LogP contribution >= 0.6 is 0 Å². The molecule has 0 bridgehead atoms. The number of amides is 1. The lowest BCUT2D eigenvalue weighted by molar-refractivity contribution is 0.00174. The molecule has 5 nitrogen and oxygen atoms in total.